The zero-order chi connectivity index (χ0) is 18.1. The van der Waals surface area contributed by atoms with Crippen molar-refractivity contribution in [2.75, 3.05) is 0 Å². The minimum Gasteiger partial charge on any atom is -0.544 e. The van der Waals surface area contributed by atoms with Gasteiger partial charge >= 0.3 is 23.7 Å². The van der Waals surface area contributed by atoms with Gasteiger partial charge in [-0.3, -0.25) is 0 Å². The molecule has 0 aliphatic rings. The Hall–Kier alpha value is -2.14. The molecule has 6 nitrogen and oxygen atoms in total. The number of carbonyl (C=O) groups is 2. The predicted octanol–water partition coefficient (Wildman–Crippen LogP) is 0.267. The van der Waals surface area contributed by atoms with Crippen molar-refractivity contribution in [3.8, 4) is 0 Å². The van der Waals surface area contributed by atoms with E-state index in [1.165, 1.54) is 0 Å². The normalized spacial score (nSPS) is 13.2. The SMILES string of the molecule is CCCC[n+]1cn(C(=O)C(F)(F)C(F)(F)C(F)(F)C(=O)[O-])cn1. The Morgan fingerprint density at radius 1 is 1.17 bits per heavy atom. The van der Waals surface area contributed by atoms with Gasteiger partial charge in [0, 0.05) is 0 Å². The van der Waals surface area contributed by atoms with Crippen molar-refractivity contribution >= 4 is 11.9 Å². The van der Waals surface area contributed by atoms with Crippen molar-refractivity contribution in [1.82, 2.24) is 9.67 Å². The number of aliphatic carboxylic acids is 1. The number of rotatable bonds is 7. The van der Waals surface area contributed by atoms with Crippen molar-refractivity contribution in [3.05, 3.63) is 12.7 Å². The highest BCUT2D eigenvalue weighted by molar-refractivity contribution is 5.88. The molecule has 0 unspecified atom stereocenters. The summed E-state index contributed by atoms with van der Waals surface area (Å²) in [4.78, 5) is 21.4. The molecule has 1 aromatic heterocycles. The topological polar surface area (TPSA) is 78.9 Å². The third-order valence-electron chi connectivity index (χ3n) is 2.87. The summed E-state index contributed by atoms with van der Waals surface area (Å²) in [6.07, 6.45) is 2.25. The van der Waals surface area contributed by atoms with Gasteiger partial charge in [0.2, 0.25) is 6.33 Å². The fourth-order valence-corrected chi connectivity index (χ4v) is 1.49. The van der Waals surface area contributed by atoms with Gasteiger partial charge in [0.25, 0.3) is 6.33 Å². The molecule has 0 radical (unpaired) electrons. The van der Waals surface area contributed by atoms with Crippen LogP contribution in [0.3, 0.4) is 0 Å². The fraction of sp³-hybridized carbons (Fsp3) is 0.636. The molecule has 1 heterocycles. The minimum absolute atomic E-state index is 0.116. The number of hydrogen-bond acceptors (Lipinski definition) is 4. The summed E-state index contributed by atoms with van der Waals surface area (Å²) in [5.41, 5.74) is 0. The van der Waals surface area contributed by atoms with Gasteiger partial charge in [-0.2, -0.15) is 26.3 Å². The summed E-state index contributed by atoms with van der Waals surface area (Å²) in [7, 11) is 0. The molecule has 12 heteroatoms. The molecule has 0 aromatic carbocycles. The summed E-state index contributed by atoms with van der Waals surface area (Å²) in [5, 5.41) is 13.4. The van der Waals surface area contributed by atoms with Gasteiger partial charge in [-0.25, -0.2) is 4.79 Å². The van der Waals surface area contributed by atoms with E-state index in [2.05, 4.69) is 5.10 Å². The van der Waals surface area contributed by atoms with Gasteiger partial charge in [0.15, 0.2) is 0 Å². The van der Waals surface area contributed by atoms with Gasteiger partial charge in [0.05, 0.1) is 0 Å². The molecule has 130 valence electrons. The number of carbonyl (C=O) groups excluding carboxylic acids is 2. The highest BCUT2D eigenvalue weighted by atomic mass is 19.3. The Bertz CT molecular complexity index is 602. The van der Waals surface area contributed by atoms with Crippen molar-refractivity contribution < 1.29 is 45.7 Å². The van der Waals surface area contributed by atoms with E-state index in [0.717, 1.165) is 4.68 Å². The first-order valence-corrected chi connectivity index (χ1v) is 6.23. The highest BCUT2D eigenvalue weighted by Gasteiger charge is 2.77. The second-order valence-corrected chi connectivity index (χ2v) is 4.59. The first kappa shape index (κ1) is 18.9. The highest BCUT2D eigenvalue weighted by Crippen LogP contribution is 2.46. The van der Waals surface area contributed by atoms with Crippen LogP contribution in [-0.2, 0) is 11.3 Å². The average Bonchev–Trinajstić information content (AvgIpc) is 2.92. The van der Waals surface area contributed by atoms with E-state index in [1.54, 1.807) is 6.92 Å². The van der Waals surface area contributed by atoms with E-state index >= 15 is 0 Å². The van der Waals surface area contributed by atoms with Crippen LogP contribution >= 0.6 is 0 Å². The molecule has 0 N–H and O–H groups in total. The molecule has 0 saturated carbocycles. The standard InChI is InChI=1S/C11H11F6N3O3/c1-2-3-4-20-6-19(5-18-20)7(21)9(12,13)11(16,17)10(14,15)8(22)23/h5-6H,2-4H2,1H3. The van der Waals surface area contributed by atoms with Crippen LogP contribution in [0.4, 0.5) is 26.3 Å². The second kappa shape index (κ2) is 6.16. The Morgan fingerprint density at radius 3 is 2.22 bits per heavy atom. The van der Waals surface area contributed by atoms with Gasteiger partial charge in [-0.1, -0.05) is 13.3 Å². The quantitative estimate of drug-likeness (QED) is 0.524. The molecular formula is C11H11F6N3O3. The number of carboxylic acids is 1. The number of halogens is 6. The van der Waals surface area contributed by atoms with Gasteiger partial charge in [0.1, 0.15) is 12.5 Å². The zero-order valence-electron chi connectivity index (χ0n) is 11.6. The Morgan fingerprint density at radius 2 is 1.74 bits per heavy atom. The molecule has 0 bridgehead atoms. The molecule has 1 aromatic rings. The maximum Gasteiger partial charge on any atom is 0.415 e. The average molecular weight is 347 g/mol. The summed E-state index contributed by atoms with van der Waals surface area (Å²) < 4.78 is 79.8. The second-order valence-electron chi connectivity index (χ2n) is 4.59. The number of alkyl halides is 6. The van der Waals surface area contributed by atoms with Crippen LogP contribution in [0.2, 0.25) is 0 Å². The van der Waals surface area contributed by atoms with Crippen LogP contribution in [-0.4, -0.2) is 39.3 Å². The number of aromatic nitrogens is 3. The smallest absolute Gasteiger partial charge is 0.415 e. The maximum atomic E-state index is 13.5. The molecule has 1 rings (SSSR count). The van der Waals surface area contributed by atoms with Crippen LogP contribution in [0, 0.1) is 0 Å². The van der Waals surface area contributed by atoms with Gasteiger partial charge in [-0.05, 0) is 11.5 Å². The predicted molar refractivity (Wildman–Crippen MR) is 57.8 cm³/mol. The van der Waals surface area contributed by atoms with Crippen LogP contribution in [0.5, 0.6) is 0 Å². The van der Waals surface area contributed by atoms with Crippen molar-refractivity contribution in [3.63, 3.8) is 0 Å². The first-order valence-electron chi connectivity index (χ1n) is 6.23. The number of hydrogen-bond donors (Lipinski definition) is 0. The van der Waals surface area contributed by atoms with Gasteiger partial charge in [-0.15, -0.1) is 9.25 Å². The van der Waals surface area contributed by atoms with Crippen LogP contribution in [0.15, 0.2) is 12.7 Å². The zero-order valence-corrected chi connectivity index (χ0v) is 11.6. The van der Waals surface area contributed by atoms with E-state index in [4.69, 9.17) is 0 Å². The molecule has 23 heavy (non-hydrogen) atoms. The largest absolute Gasteiger partial charge is 0.544 e. The van der Waals surface area contributed by atoms with Crippen LogP contribution in [0.25, 0.3) is 0 Å². The molecule has 0 fully saturated rings. The third kappa shape index (κ3) is 3.15. The number of nitrogens with zero attached hydrogens (tertiary/aromatic N) is 3. The van der Waals surface area contributed by atoms with E-state index in [9.17, 15) is 41.0 Å². The van der Waals surface area contributed by atoms with Crippen molar-refractivity contribution in [2.45, 2.75) is 44.1 Å². The molecule has 0 aliphatic carbocycles. The lowest BCUT2D eigenvalue weighted by molar-refractivity contribution is -0.751. The fourth-order valence-electron chi connectivity index (χ4n) is 1.49. The van der Waals surface area contributed by atoms with Gasteiger partial charge < -0.3 is 9.90 Å². The van der Waals surface area contributed by atoms with Crippen LogP contribution in [0.1, 0.15) is 24.6 Å². The summed E-state index contributed by atoms with van der Waals surface area (Å²) >= 11 is 0. The summed E-state index contributed by atoms with van der Waals surface area (Å²) in [6, 6.07) is 0. The van der Waals surface area contributed by atoms with Crippen molar-refractivity contribution in [2.24, 2.45) is 0 Å². The maximum absolute atomic E-state index is 13.5. The number of aryl methyl sites for hydroxylation is 1. The van der Waals surface area contributed by atoms with E-state index in [1.807, 2.05) is 0 Å². The lowest BCUT2D eigenvalue weighted by Crippen LogP contribution is -2.64. The Balaban J connectivity index is 3.14. The lowest BCUT2D eigenvalue weighted by Gasteiger charge is -2.30. The number of unbranched alkanes of at least 4 members (excludes halogenated alkanes) is 1. The van der Waals surface area contributed by atoms with E-state index in [0.29, 0.717) is 25.5 Å². The first-order chi connectivity index (χ1) is 10.4. The summed E-state index contributed by atoms with van der Waals surface area (Å²) in [6.45, 7) is 1.97. The summed E-state index contributed by atoms with van der Waals surface area (Å²) in [5.74, 6) is -25.2. The van der Waals surface area contributed by atoms with E-state index in [-0.39, 0.29) is 11.1 Å². The Labute approximate surface area is 125 Å². The molecule has 0 saturated heterocycles. The van der Waals surface area contributed by atoms with E-state index < -0.39 is 29.6 Å². The third-order valence-corrected chi connectivity index (χ3v) is 2.87. The molecule has 0 aliphatic heterocycles. The number of carboxylic acid groups (broad SMARTS) is 1. The monoisotopic (exact) mass is 347 g/mol. The lowest BCUT2D eigenvalue weighted by atomic mass is 10.0. The van der Waals surface area contributed by atoms with Crippen LogP contribution < -0.4 is 9.79 Å². The van der Waals surface area contributed by atoms with Crippen molar-refractivity contribution in [1.29, 1.82) is 0 Å². The minimum atomic E-state index is -6.49. The molecular weight excluding hydrogens is 336 g/mol. The molecule has 0 amide bonds. The molecule has 0 atom stereocenters. The Kier molecular flexibility index (Phi) is 5.07. The molecule has 0 spiro atoms.